The van der Waals surface area contributed by atoms with E-state index < -0.39 is 0 Å². The molecule has 1 aromatic heterocycles. The van der Waals surface area contributed by atoms with Gasteiger partial charge in [0.25, 0.3) is 0 Å². The first kappa shape index (κ1) is 13.7. The summed E-state index contributed by atoms with van der Waals surface area (Å²) >= 11 is 0. The van der Waals surface area contributed by atoms with Gasteiger partial charge in [-0.15, -0.1) is 5.10 Å². The van der Waals surface area contributed by atoms with Gasteiger partial charge >= 0.3 is 0 Å². The normalized spacial score (nSPS) is 11.8. The zero-order valence-electron chi connectivity index (χ0n) is 12.0. The molecule has 1 heterocycles. The summed E-state index contributed by atoms with van der Waals surface area (Å²) in [5.41, 5.74) is 3.75. The Balaban J connectivity index is 2.59. The Morgan fingerprint density at radius 1 is 1.26 bits per heavy atom. The molecule has 0 saturated carbocycles. The van der Waals surface area contributed by atoms with Crippen LogP contribution in [0.4, 0.5) is 0 Å². The van der Waals surface area contributed by atoms with Gasteiger partial charge in [0, 0.05) is 5.41 Å². The molecule has 0 aliphatic carbocycles. The van der Waals surface area contributed by atoms with Crippen LogP contribution >= 0.6 is 0 Å². The molecule has 1 N–H and O–H groups in total. The molecule has 4 nitrogen and oxygen atoms in total. The number of aliphatic hydroxyl groups is 1. The summed E-state index contributed by atoms with van der Waals surface area (Å²) in [6.07, 6.45) is 0.986. The Hall–Kier alpha value is -1.68. The van der Waals surface area contributed by atoms with E-state index in [1.807, 2.05) is 16.8 Å². The van der Waals surface area contributed by atoms with Crippen LogP contribution in [0, 0.1) is 0 Å². The molecule has 0 aliphatic rings. The lowest BCUT2D eigenvalue weighted by molar-refractivity contribution is 0.273. The Bertz CT molecular complexity index is 567. The lowest BCUT2D eigenvalue weighted by Crippen LogP contribution is -2.19. The average Bonchev–Trinajstić information content (AvgIpc) is 2.82. The van der Waals surface area contributed by atoms with Gasteiger partial charge in [-0.25, -0.2) is 4.68 Å². The third kappa shape index (κ3) is 2.68. The van der Waals surface area contributed by atoms with Gasteiger partial charge in [-0.3, -0.25) is 0 Å². The van der Waals surface area contributed by atoms with Crippen molar-refractivity contribution in [3.8, 4) is 5.69 Å². The molecule has 0 unspecified atom stereocenters. The minimum Gasteiger partial charge on any atom is -0.390 e. The summed E-state index contributed by atoms with van der Waals surface area (Å²) in [6, 6.07) is 8.26. The summed E-state index contributed by atoms with van der Waals surface area (Å²) in [4.78, 5) is 0. The first-order valence-corrected chi connectivity index (χ1v) is 6.62. The minimum absolute atomic E-state index is 0.0833. The molecule has 0 radical (unpaired) electrons. The monoisotopic (exact) mass is 259 g/mol. The number of aryl methyl sites for hydroxylation is 1. The van der Waals surface area contributed by atoms with Crippen molar-refractivity contribution in [1.82, 2.24) is 15.0 Å². The second-order valence-electron chi connectivity index (χ2n) is 5.73. The van der Waals surface area contributed by atoms with Crippen molar-refractivity contribution >= 4 is 0 Å². The van der Waals surface area contributed by atoms with Crippen LogP contribution in [0.3, 0.4) is 0 Å². The van der Waals surface area contributed by atoms with Gasteiger partial charge < -0.3 is 5.11 Å². The molecule has 102 valence electrons. The maximum Gasteiger partial charge on any atom is 0.112 e. The van der Waals surface area contributed by atoms with Gasteiger partial charge in [0.15, 0.2) is 0 Å². The summed E-state index contributed by atoms with van der Waals surface area (Å²) in [6.45, 7) is 8.35. The van der Waals surface area contributed by atoms with Crippen molar-refractivity contribution < 1.29 is 5.11 Å². The third-order valence-electron chi connectivity index (χ3n) is 3.16. The minimum atomic E-state index is -0.121. The molecule has 0 spiro atoms. The number of hydrogen-bond acceptors (Lipinski definition) is 3. The highest BCUT2D eigenvalue weighted by Gasteiger charge is 2.25. The van der Waals surface area contributed by atoms with Gasteiger partial charge in [0.2, 0.25) is 0 Å². The fourth-order valence-electron chi connectivity index (χ4n) is 2.26. The van der Waals surface area contributed by atoms with E-state index in [2.05, 4.69) is 50.1 Å². The number of aromatic nitrogens is 3. The molecule has 0 bridgehead atoms. The molecule has 19 heavy (non-hydrogen) atoms. The molecule has 2 aromatic rings. The van der Waals surface area contributed by atoms with Crippen LogP contribution in [0.15, 0.2) is 24.3 Å². The maximum atomic E-state index is 9.43. The van der Waals surface area contributed by atoms with E-state index in [1.165, 1.54) is 5.56 Å². The number of hydrogen-bond donors (Lipinski definition) is 1. The maximum absolute atomic E-state index is 9.43. The lowest BCUT2D eigenvalue weighted by atomic mass is 9.90. The quantitative estimate of drug-likeness (QED) is 0.921. The second-order valence-corrected chi connectivity index (χ2v) is 5.73. The van der Waals surface area contributed by atoms with E-state index in [4.69, 9.17) is 0 Å². The van der Waals surface area contributed by atoms with Crippen molar-refractivity contribution in [1.29, 1.82) is 0 Å². The van der Waals surface area contributed by atoms with Crippen LogP contribution in [-0.2, 0) is 18.4 Å². The van der Waals surface area contributed by atoms with Gasteiger partial charge in [0.1, 0.15) is 5.69 Å². The Kier molecular flexibility index (Phi) is 3.71. The third-order valence-corrected chi connectivity index (χ3v) is 3.16. The lowest BCUT2D eigenvalue weighted by Gasteiger charge is -2.21. The summed E-state index contributed by atoms with van der Waals surface area (Å²) < 4.78 is 1.84. The molecule has 0 atom stereocenters. The fourth-order valence-corrected chi connectivity index (χ4v) is 2.26. The Labute approximate surface area is 114 Å². The van der Waals surface area contributed by atoms with E-state index in [0.29, 0.717) is 5.69 Å². The predicted molar refractivity (Wildman–Crippen MR) is 75.4 cm³/mol. The highest BCUT2D eigenvalue weighted by Crippen LogP contribution is 2.27. The van der Waals surface area contributed by atoms with E-state index in [1.54, 1.807) is 0 Å². The second kappa shape index (κ2) is 5.13. The molecule has 0 fully saturated rings. The molecular formula is C15H21N3O. The van der Waals surface area contributed by atoms with Crippen molar-refractivity contribution in [2.24, 2.45) is 0 Å². The van der Waals surface area contributed by atoms with E-state index >= 15 is 0 Å². The van der Waals surface area contributed by atoms with Crippen LogP contribution in [-0.4, -0.2) is 20.1 Å². The summed E-state index contributed by atoms with van der Waals surface area (Å²) in [5.74, 6) is 0. The molecule has 1 aromatic carbocycles. The van der Waals surface area contributed by atoms with Crippen molar-refractivity contribution in [2.45, 2.75) is 46.1 Å². The topological polar surface area (TPSA) is 50.9 Å². The first-order chi connectivity index (χ1) is 8.97. The van der Waals surface area contributed by atoms with Crippen LogP contribution in [0.5, 0.6) is 0 Å². The Morgan fingerprint density at radius 3 is 2.58 bits per heavy atom. The van der Waals surface area contributed by atoms with Crippen LogP contribution < -0.4 is 0 Å². The summed E-state index contributed by atoms with van der Waals surface area (Å²) in [5, 5.41) is 17.7. The Morgan fingerprint density at radius 2 is 2.00 bits per heavy atom. The van der Waals surface area contributed by atoms with E-state index in [0.717, 1.165) is 17.8 Å². The zero-order valence-corrected chi connectivity index (χ0v) is 12.0. The zero-order chi connectivity index (χ0) is 14.0. The molecule has 4 heteroatoms. The highest BCUT2D eigenvalue weighted by atomic mass is 16.3. The fraction of sp³-hybridized carbons (Fsp3) is 0.467. The number of benzene rings is 1. The standard InChI is InChI=1S/C15H21N3O/c1-5-11-7-6-8-12(9-11)18-14(15(2,3)4)13(10-19)16-17-18/h6-9,19H,5,10H2,1-4H3. The average molecular weight is 259 g/mol. The molecular weight excluding hydrogens is 238 g/mol. The van der Waals surface area contributed by atoms with Gasteiger partial charge in [-0.05, 0) is 24.1 Å². The van der Waals surface area contributed by atoms with Gasteiger partial charge in [-0.1, -0.05) is 45.0 Å². The molecule has 0 aliphatic heterocycles. The van der Waals surface area contributed by atoms with E-state index in [-0.39, 0.29) is 12.0 Å². The van der Waals surface area contributed by atoms with E-state index in [9.17, 15) is 5.11 Å². The SMILES string of the molecule is CCc1cccc(-n2nnc(CO)c2C(C)(C)C)c1. The molecule has 0 saturated heterocycles. The van der Waals surface area contributed by atoms with Gasteiger partial charge in [0.05, 0.1) is 18.0 Å². The first-order valence-electron chi connectivity index (χ1n) is 6.62. The molecule has 2 rings (SSSR count). The highest BCUT2D eigenvalue weighted by molar-refractivity contribution is 5.38. The van der Waals surface area contributed by atoms with Crippen molar-refractivity contribution in [3.63, 3.8) is 0 Å². The number of rotatable bonds is 3. The van der Waals surface area contributed by atoms with Gasteiger partial charge in [-0.2, -0.15) is 0 Å². The van der Waals surface area contributed by atoms with Crippen molar-refractivity contribution in [2.75, 3.05) is 0 Å². The van der Waals surface area contributed by atoms with Crippen LogP contribution in [0.25, 0.3) is 5.69 Å². The van der Waals surface area contributed by atoms with Crippen LogP contribution in [0.2, 0.25) is 0 Å². The predicted octanol–water partition coefficient (Wildman–Crippen LogP) is 2.62. The largest absolute Gasteiger partial charge is 0.390 e. The summed E-state index contributed by atoms with van der Waals surface area (Å²) in [7, 11) is 0. The number of aliphatic hydroxyl groups excluding tert-OH is 1. The number of nitrogens with zero attached hydrogens (tertiary/aromatic N) is 3. The van der Waals surface area contributed by atoms with Crippen LogP contribution in [0.1, 0.15) is 44.6 Å². The van der Waals surface area contributed by atoms with Crippen molar-refractivity contribution in [3.05, 3.63) is 41.2 Å². The molecule has 0 amide bonds. The smallest absolute Gasteiger partial charge is 0.112 e.